The number of nitro benzene ring substituents is 1. The number of nitro groups is 1. The number of nitrogens with one attached hydrogen (secondary N) is 2. The number of carbonyl (C=O) groups excluding carboxylic acids is 2. The zero-order valence-corrected chi connectivity index (χ0v) is 21.1. The van der Waals surface area contributed by atoms with Crippen LogP contribution < -0.4 is 20.1 Å². The highest BCUT2D eigenvalue weighted by molar-refractivity contribution is 6.09. The first-order chi connectivity index (χ1) is 18.2. The van der Waals surface area contributed by atoms with E-state index in [1.165, 1.54) is 30.3 Å². The van der Waals surface area contributed by atoms with Crippen molar-refractivity contribution in [2.24, 2.45) is 0 Å². The van der Waals surface area contributed by atoms with E-state index in [-0.39, 0.29) is 29.5 Å². The molecule has 0 atom stereocenters. The first-order valence-electron chi connectivity index (χ1n) is 11.6. The Bertz CT molecular complexity index is 1440. The van der Waals surface area contributed by atoms with Crippen LogP contribution in [0.25, 0.3) is 6.08 Å². The predicted molar refractivity (Wildman–Crippen MR) is 143 cm³/mol. The van der Waals surface area contributed by atoms with E-state index in [9.17, 15) is 25.0 Å². The third-order valence-electron chi connectivity index (χ3n) is 5.28. The fraction of sp³-hybridized carbons (Fsp3) is 0.179. The molecule has 3 rings (SSSR count). The fourth-order valence-corrected chi connectivity index (χ4v) is 3.41. The van der Waals surface area contributed by atoms with Crippen molar-refractivity contribution in [3.63, 3.8) is 0 Å². The second kappa shape index (κ2) is 12.7. The van der Waals surface area contributed by atoms with E-state index < -0.39 is 10.8 Å². The van der Waals surface area contributed by atoms with Gasteiger partial charge < -0.3 is 20.1 Å². The molecule has 38 heavy (non-hydrogen) atoms. The van der Waals surface area contributed by atoms with Crippen molar-refractivity contribution < 1.29 is 24.0 Å². The molecule has 194 valence electrons. The lowest BCUT2D eigenvalue weighted by Crippen LogP contribution is -2.21. The number of benzene rings is 3. The van der Waals surface area contributed by atoms with Gasteiger partial charge in [-0.1, -0.05) is 24.3 Å². The Morgan fingerprint density at radius 3 is 2.53 bits per heavy atom. The topological polar surface area (TPSA) is 144 Å². The van der Waals surface area contributed by atoms with Crippen molar-refractivity contribution in [1.29, 1.82) is 5.26 Å². The lowest BCUT2D eigenvalue weighted by molar-refractivity contribution is -0.384. The summed E-state index contributed by atoms with van der Waals surface area (Å²) in [7, 11) is 0. The molecular weight excluding hydrogens is 488 g/mol. The van der Waals surface area contributed by atoms with Crippen LogP contribution in [0.5, 0.6) is 11.5 Å². The number of ether oxygens (including phenoxy) is 2. The Hall–Kier alpha value is -5.17. The van der Waals surface area contributed by atoms with Gasteiger partial charge in [0.05, 0.1) is 11.5 Å². The summed E-state index contributed by atoms with van der Waals surface area (Å²) in [5.41, 5.74) is 2.90. The highest BCUT2D eigenvalue weighted by Crippen LogP contribution is 2.30. The van der Waals surface area contributed by atoms with Gasteiger partial charge in [0.1, 0.15) is 11.6 Å². The van der Waals surface area contributed by atoms with Gasteiger partial charge in [0, 0.05) is 23.5 Å². The van der Waals surface area contributed by atoms with Crippen molar-refractivity contribution >= 4 is 35.0 Å². The molecule has 0 bridgehead atoms. The van der Waals surface area contributed by atoms with Gasteiger partial charge in [-0.25, -0.2) is 0 Å². The van der Waals surface area contributed by atoms with Gasteiger partial charge in [-0.05, 0) is 67.8 Å². The number of rotatable bonds is 10. The van der Waals surface area contributed by atoms with E-state index in [2.05, 4.69) is 10.6 Å². The predicted octanol–water partition coefficient (Wildman–Crippen LogP) is 5.17. The average molecular weight is 515 g/mol. The Labute approximate surface area is 219 Å². The molecule has 0 saturated carbocycles. The van der Waals surface area contributed by atoms with Crippen LogP contribution in [0.3, 0.4) is 0 Å². The Balaban J connectivity index is 1.73. The number of carbonyl (C=O) groups is 2. The summed E-state index contributed by atoms with van der Waals surface area (Å²) >= 11 is 0. The minimum atomic E-state index is -0.727. The summed E-state index contributed by atoms with van der Waals surface area (Å²) in [6.07, 6.45) is 1.35. The number of anilines is 2. The summed E-state index contributed by atoms with van der Waals surface area (Å²) in [4.78, 5) is 35.4. The van der Waals surface area contributed by atoms with Crippen molar-refractivity contribution in [2.75, 3.05) is 23.8 Å². The minimum absolute atomic E-state index is 0.184. The number of nitrogens with zero attached hydrogens (tertiary/aromatic N) is 2. The molecule has 0 spiro atoms. The van der Waals surface area contributed by atoms with Crippen molar-refractivity contribution in [3.8, 4) is 17.6 Å². The van der Waals surface area contributed by atoms with Crippen molar-refractivity contribution in [1.82, 2.24) is 0 Å². The second-order valence-electron chi connectivity index (χ2n) is 8.23. The molecule has 2 N–H and O–H groups in total. The van der Waals surface area contributed by atoms with Crippen LogP contribution in [0.1, 0.15) is 23.6 Å². The molecule has 2 amide bonds. The molecule has 0 saturated heterocycles. The van der Waals surface area contributed by atoms with Gasteiger partial charge in [0.15, 0.2) is 18.1 Å². The SMILES string of the molecule is CCOc1cc(/C=C(/C#N)C(=O)Nc2cccc([N+](=O)[O-])c2)ccc1OCC(=O)Nc1cc(C)ccc1C. The van der Waals surface area contributed by atoms with Gasteiger partial charge in [0.2, 0.25) is 0 Å². The smallest absolute Gasteiger partial charge is 0.271 e. The maximum atomic E-state index is 12.6. The van der Waals surface area contributed by atoms with Crippen LogP contribution in [0.2, 0.25) is 0 Å². The molecule has 3 aromatic carbocycles. The van der Waals surface area contributed by atoms with E-state index in [0.29, 0.717) is 29.4 Å². The third kappa shape index (κ3) is 7.41. The quantitative estimate of drug-likeness (QED) is 0.164. The maximum absolute atomic E-state index is 12.6. The molecule has 10 heteroatoms. The average Bonchev–Trinajstić information content (AvgIpc) is 2.89. The van der Waals surface area contributed by atoms with Gasteiger partial charge in [-0.15, -0.1) is 0 Å². The molecule has 3 aromatic rings. The maximum Gasteiger partial charge on any atom is 0.271 e. The first kappa shape index (κ1) is 27.4. The monoisotopic (exact) mass is 514 g/mol. The summed E-state index contributed by atoms with van der Waals surface area (Å²) in [6, 6.07) is 17.8. The Morgan fingerprint density at radius 1 is 1.03 bits per heavy atom. The number of aryl methyl sites for hydroxylation is 2. The summed E-state index contributed by atoms with van der Waals surface area (Å²) in [5, 5.41) is 25.8. The molecule has 0 aliphatic rings. The number of nitriles is 1. The Kier molecular flexibility index (Phi) is 9.16. The molecular formula is C28H26N4O6. The van der Waals surface area contributed by atoms with Crippen molar-refractivity contribution in [3.05, 3.63) is 93.0 Å². The van der Waals surface area contributed by atoms with E-state index in [1.54, 1.807) is 25.1 Å². The molecule has 0 heterocycles. The normalized spacial score (nSPS) is 10.7. The summed E-state index contributed by atoms with van der Waals surface area (Å²) in [6.45, 7) is 5.68. The van der Waals surface area contributed by atoms with Crippen LogP contribution in [0.4, 0.5) is 17.1 Å². The molecule has 10 nitrogen and oxygen atoms in total. The van der Waals surface area contributed by atoms with E-state index in [4.69, 9.17) is 9.47 Å². The molecule has 0 radical (unpaired) electrons. The third-order valence-corrected chi connectivity index (χ3v) is 5.28. The van der Waals surface area contributed by atoms with Gasteiger partial charge in [-0.2, -0.15) is 5.26 Å². The number of non-ortho nitro benzene ring substituents is 1. The van der Waals surface area contributed by atoms with Crippen molar-refractivity contribution in [2.45, 2.75) is 20.8 Å². The van der Waals surface area contributed by atoms with Crippen LogP contribution in [0, 0.1) is 35.3 Å². The van der Waals surface area contributed by atoms with E-state index >= 15 is 0 Å². The van der Waals surface area contributed by atoms with Gasteiger partial charge >= 0.3 is 0 Å². The minimum Gasteiger partial charge on any atom is -0.490 e. The van der Waals surface area contributed by atoms with Crippen LogP contribution >= 0.6 is 0 Å². The highest BCUT2D eigenvalue weighted by atomic mass is 16.6. The van der Waals surface area contributed by atoms with Gasteiger partial charge in [-0.3, -0.25) is 19.7 Å². The van der Waals surface area contributed by atoms with Gasteiger partial charge in [0.25, 0.3) is 17.5 Å². The standard InChI is InChI=1S/C28H26N4O6/c1-4-37-26-14-20(13-21(16-29)28(34)30-22-6-5-7-23(15-22)32(35)36)10-11-25(26)38-17-27(33)31-24-12-18(2)8-9-19(24)3/h5-15H,4,17H2,1-3H3,(H,30,34)(H,31,33)/b21-13-. The van der Waals surface area contributed by atoms with Crippen LogP contribution in [0.15, 0.2) is 66.2 Å². The first-order valence-corrected chi connectivity index (χ1v) is 11.6. The zero-order valence-electron chi connectivity index (χ0n) is 21.1. The zero-order chi connectivity index (χ0) is 27.7. The number of amides is 2. The van der Waals surface area contributed by atoms with E-state index in [1.807, 2.05) is 38.1 Å². The molecule has 0 aliphatic carbocycles. The fourth-order valence-electron chi connectivity index (χ4n) is 3.41. The summed E-state index contributed by atoms with van der Waals surface area (Å²) < 4.78 is 11.3. The summed E-state index contributed by atoms with van der Waals surface area (Å²) in [5.74, 6) is -0.416. The second-order valence-corrected chi connectivity index (χ2v) is 8.23. The molecule has 0 unspecified atom stereocenters. The highest BCUT2D eigenvalue weighted by Gasteiger charge is 2.14. The molecule has 0 fully saturated rings. The lowest BCUT2D eigenvalue weighted by Gasteiger charge is -2.14. The van der Waals surface area contributed by atoms with E-state index in [0.717, 1.165) is 11.1 Å². The largest absolute Gasteiger partial charge is 0.490 e. The van der Waals surface area contributed by atoms with Crippen LogP contribution in [-0.4, -0.2) is 30.0 Å². The lowest BCUT2D eigenvalue weighted by atomic mass is 10.1. The molecule has 0 aliphatic heterocycles. The molecule has 0 aromatic heterocycles. The number of hydrogen-bond acceptors (Lipinski definition) is 7. The van der Waals surface area contributed by atoms with Crippen LogP contribution in [-0.2, 0) is 9.59 Å². The Morgan fingerprint density at radius 2 is 1.82 bits per heavy atom. The number of hydrogen-bond donors (Lipinski definition) is 2.